The Morgan fingerprint density at radius 2 is 1.79 bits per heavy atom. The van der Waals surface area contributed by atoms with Crippen molar-refractivity contribution in [3.63, 3.8) is 0 Å². The predicted octanol–water partition coefficient (Wildman–Crippen LogP) is 5.77. The van der Waals surface area contributed by atoms with Gasteiger partial charge in [-0.2, -0.15) is 13.2 Å². The second-order valence-corrected chi connectivity index (χ2v) is 8.56. The Morgan fingerprint density at radius 1 is 1.15 bits per heavy atom. The van der Waals surface area contributed by atoms with E-state index in [0.717, 1.165) is 24.1 Å². The molecule has 3 rings (SSSR count). The van der Waals surface area contributed by atoms with Gasteiger partial charge in [0.15, 0.2) is 0 Å². The molecular weight excluding hydrogens is 447 g/mol. The van der Waals surface area contributed by atoms with Crippen molar-refractivity contribution < 1.29 is 27.4 Å². The van der Waals surface area contributed by atoms with Crippen LogP contribution in [0.1, 0.15) is 54.6 Å². The summed E-state index contributed by atoms with van der Waals surface area (Å²) in [5, 5.41) is 5.18. The monoisotopic (exact) mass is 477 g/mol. The molecule has 0 atom stereocenters. The van der Waals surface area contributed by atoms with E-state index in [1.54, 1.807) is 18.3 Å². The summed E-state index contributed by atoms with van der Waals surface area (Å²) in [6.45, 7) is 3.17. The zero-order chi connectivity index (χ0) is 24.9. The maximum atomic E-state index is 12.6. The van der Waals surface area contributed by atoms with Gasteiger partial charge in [0.05, 0.1) is 20.8 Å². The number of rotatable bonds is 9. The highest BCUT2D eigenvalue weighted by atomic mass is 19.4. The fraction of sp³-hybridized carbons (Fsp3) is 0.440. The van der Waals surface area contributed by atoms with Crippen molar-refractivity contribution >= 4 is 23.5 Å². The van der Waals surface area contributed by atoms with Crippen LogP contribution in [-0.2, 0) is 12.0 Å². The molecule has 1 aliphatic carbocycles. The largest absolute Gasteiger partial charge is 0.496 e. The number of hydrogen-bond acceptors (Lipinski definition) is 5. The summed E-state index contributed by atoms with van der Waals surface area (Å²) in [7, 11) is 2.68. The molecule has 0 heterocycles. The number of carbonyl (C=O) groups excluding carboxylic acids is 1. The number of halogens is 3. The summed E-state index contributed by atoms with van der Waals surface area (Å²) in [6.07, 6.45) is 0.756. The Kier molecular flexibility index (Phi) is 7.74. The van der Waals surface area contributed by atoms with Crippen molar-refractivity contribution in [2.75, 3.05) is 26.1 Å². The number of aliphatic imine (C=N–C) groups is 1. The number of carbonyl (C=O) groups is 1. The van der Waals surface area contributed by atoms with Crippen LogP contribution in [0.25, 0.3) is 0 Å². The van der Waals surface area contributed by atoms with Crippen molar-refractivity contribution in [1.29, 1.82) is 0 Å². The number of hydrogen-bond donors (Lipinski definition) is 2. The number of amides is 1. The minimum Gasteiger partial charge on any atom is -0.496 e. The van der Waals surface area contributed by atoms with Gasteiger partial charge in [-0.05, 0) is 48.6 Å². The van der Waals surface area contributed by atoms with Crippen LogP contribution in [-0.4, -0.2) is 39.1 Å². The molecule has 2 aromatic carbocycles. The van der Waals surface area contributed by atoms with E-state index in [1.165, 1.54) is 26.2 Å². The molecule has 2 N–H and O–H groups in total. The van der Waals surface area contributed by atoms with Crippen molar-refractivity contribution in [2.24, 2.45) is 4.99 Å². The van der Waals surface area contributed by atoms with Gasteiger partial charge in [0.1, 0.15) is 23.6 Å². The molecule has 1 aliphatic rings. The van der Waals surface area contributed by atoms with Crippen LogP contribution in [0.3, 0.4) is 0 Å². The van der Waals surface area contributed by atoms with E-state index in [-0.39, 0.29) is 22.5 Å². The number of benzene rings is 2. The van der Waals surface area contributed by atoms with Gasteiger partial charge in [-0.3, -0.25) is 9.79 Å². The summed E-state index contributed by atoms with van der Waals surface area (Å²) >= 11 is 0. The Balaban J connectivity index is 1.93. The smallest absolute Gasteiger partial charge is 0.405 e. The molecule has 34 heavy (non-hydrogen) atoms. The first-order chi connectivity index (χ1) is 16.1. The lowest BCUT2D eigenvalue weighted by molar-refractivity contribution is -0.123. The molecule has 1 amide bonds. The summed E-state index contributed by atoms with van der Waals surface area (Å²) in [5.74, 6) is -0.754. The first kappa shape index (κ1) is 25.4. The average Bonchev–Trinajstić information content (AvgIpc) is 2.79. The van der Waals surface area contributed by atoms with Gasteiger partial charge in [0, 0.05) is 23.5 Å². The van der Waals surface area contributed by atoms with Crippen molar-refractivity contribution in [1.82, 2.24) is 5.32 Å². The average molecular weight is 478 g/mol. The second-order valence-electron chi connectivity index (χ2n) is 8.56. The number of nitrogens with zero attached hydrogens (tertiary/aromatic N) is 1. The zero-order valence-electron chi connectivity index (χ0n) is 19.8. The van der Waals surface area contributed by atoms with E-state index in [1.807, 2.05) is 18.3 Å². The molecule has 2 aromatic rings. The molecule has 0 spiro atoms. The first-order valence-electron chi connectivity index (χ1n) is 11.1. The van der Waals surface area contributed by atoms with Gasteiger partial charge in [-0.1, -0.05) is 25.5 Å². The normalized spacial score (nSPS) is 15.0. The van der Waals surface area contributed by atoms with Gasteiger partial charge in [0.25, 0.3) is 5.91 Å². The summed E-state index contributed by atoms with van der Waals surface area (Å²) < 4.78 is 48.3. The van der Waals surface area contributed by atoms with E-state index in [2.05, 4.69) is 29.4 Å². The standard InChI is InChI=1S/C25H30F3N3O3/c1-5-29-14-16-11-17(24(2)9-6-10-24)7-8-19(16)31-18-12-20(33-3)22(21(13-18)34-4)23(32)30-15-25(26,27)28/h5,7-8,11-13,31H,6,9-10,14-15H2,1-4H3,(H,30,32)/b29-5-. The third kappa shape index (κ3) is 5.81. The van der Waals surface area contributed by atoms with E-state index in [0.29, 0.717) is 12.2 Å². The van der Waals surface area contributed by atoms with E-state index in [4.69, 9.17) is 9.47 Å². The molecule has 1 fully saturated rings. The Labute approximate surface area is 197 Å². The zero-order valence-corrected chi connectivity index (χ0v) is 19.8. The van der Waals surface area contributed by atoms with E-state index >= 15 is 0 Å². The third-order valence-electron chi connectivity index (χ3n) is 6.16. The third-order valence-corrected chi connectivity index (χ3v) is 6.16. The number of nitrogens with one attached hydrogen (secondary N) is 2. The van der Waals surface area contributed by atoms with Crippen LogP contribution in [0.2, 0.25) is 0 Å². The van der Waals surface area contributed by atoms with Gasteiger partial charge in [0.2, 0.25) is 0 Å². The number of ether oxygens (including phenoxy) is 2. The maximum absolute atomic E-state index is 12.6. The molecule has 0 radical (unpaired) electrons. The Morgan fingerprint density at radius 3 is 2.29 bits per heavy atom. The molecule has 0 bridgehead atoms. The van der Waals surface area contributed by atoms with Gasteiger partial charge >= 0.3 is 6.18 Å². The quantitative estimate of drug-likeness (QED) is 0.450. The van der Waals surface area contributed by atoms with E-state index in [9.17, 15) is 18.0 Å². The predicted molar refractivity (Wildman–Crippen MR) is 127 cm³/mol. The molecule has 0 aromatic heterocycles. The lowest BCUT2D eigenvalue weighted by atomic mass is 9.66. The highest BCUT2D eigenvalue weighted by Gasteiger charge is 2.34. The molecule has 0 aliphatic heterocycles. The van der Waals surface area contributed by atoms with Gasteiger partial charge in [-0.25, -0.2) is 0 Å². The molecule has 0 saturated heterocycles. The highest BCUT2D eigenvalue weighted by molar-refractivity contribution is 6.00. The summed E-state index contributed by atoms with van der Waals surface area (Å²) in [5.41, 5.74) is 3.75. The molecule has 1 saturated carbocycles. The summed E-state index contributed by atoms with van der Waals surface area (Å²) in [6, 6.07) is 9.39. The van der Waals surface area contributed by atoms with Crippen LogP contribution in [0.15, 0.2) is 35.3 Å². The fourth-order valence-corrected chi connectivity index (χ4v) is 4.04. The van der Waals surface area contributed by atoms with Crippen molar-refractivity contribution in [3.05, 3.63) is 47.0 Å². The van der Waals surface area contributed by atoms with Crippen LogP contribution < -0.4 is 20.1 Å². The molecule has 0 unspecified atom stereocenters. The highest BCUT2D eigenvalue weighted by Crippen LogP contribution is 2.44. The van der Waals surface area contributed by atoms with Crippen LogP contribution >= 0.6 is 0 Å². The second kappa shape index (κ2) is 10.4. The lowest BCUT2D eigenvalue weighted by Crippen LogP contribution is -2.34. The number of anilines is 2. The summed E-state index contributed by atoms with van der Waals surface area (Å²) in [4.78, 5) is 16.8. The Bertz CT molecular complexity index is 1040. The molecule has 184 valence electrons. The first-order valence-corrected chi connectivity index (χ1v) is 11.1. The van der Waals surface area contributed by atoms with Gasteiger partial charge < -0.3 is 20.1 Å². The van der Waals surface area contributed by atoms with Crippen LogP contribution in [0.5, 0.6) is 11.5 Å². The fourth-order valence-electron chi connectivity index (χ4n) is 4.04. The SMILES string of the molecule is C/C=N\Cc1cc(C2(C)CCC2)ccc1Nc1cc(OC)c(C(=O)NCC(F)(F)F)c(OC)c1. The maximum Gasteiger partial charge on any atom is 0.405 e. The molecule has 9 heteroatoms. The minimum atomic E-state index is -4.53. The topological polar surface area (TPSA) is 72.0 Å². The van der Waals surface area contributed by atoms with E-state index < -0.39 is 18.6 Å². The number of methoxy groups -OCH3 is 2. The molecule has 6 nitrogen and oxygen atoms in total. The van der Waals surface area contributed by atoms with Gasteiger partial charge in [-0.15, -0.1) is 0 Å². The van der Waals surface area contributed by atoms with Crippen LogP contribution in [0.4, 0.5) is 24.5 Å². The molecular formula is C25H30F3N3O3. The number of alkyl halides is 3. The van der Waals surface area contributed by atoms with Crippen molar-refractivity contribution in [3.8, 4) is 11.5 Å². The Hall–Kier alpha value is -3.23. The minimum absolute atomic E-state index is 0.0910. The lowest BCUT2D eigenvalue weighted by Gasteiger charge is -2.39. The van der Waals surface area contributed by atoms with Crippen molar-refractivity contribution in [2.45, 2.75) is 51.2 Å². The van der Waals surface area contributed by atoms with Crippen LogP contribution in [0, 0.1) is 0 Å².